The molecule has 10 nitrogen and oxygen atoms in total. The highest BCUT2D eigenvalue weighted by molar-refractivity contribution is 5.84. The van der Waals surface area contributed by atoms with Crippen LogP contribution in [-0.4, -0.2) is 66.4 Å². The number of hydrogen-bond donors (Lipinski definition) is 4. The van der Waals surface area contributed by atoms with Gasteiger partial charge in [-0.2, -0.15) is 0 Å². The lowest BCUT2D eigenvalue weighted by Crippen LogP contribution is -2.38. The molecule has 41 heavy (non-hydrogen) atoms. The minimum atomic E-state index is -1.29. The predicted molar refractivity (Wildman–Crippen MR) is 152 cm³/mol. The summed E-state index contributed by atoms with van der Waals surface area (Å²) in [5.74, 6) is 1.19. The predicted octanol–water partition coefficient (Wildman–Crippen LogP) is 3.24. The van der Waals surface area contributed by atoms with E-state index in [1.54, 1.807) is 11.7 Å². The van der Waals surface area contributed by atoms with Crippen LogP contribution in [0.5, 0.6) is 5.75 Å². The van der Waals surface area contributed by atoms with Crippen LogP contribution in [0.25, 0.3) is 11.2 Å². The van der Waals surface area contributed by atoms with E-state index in [4.69, 9.17) is 9.47 Å². The molecule has 5 unspecified atom stereocenters. The summed E-state index contributed by atoms with van der Waals surface area (Å²) in [6.45, 7) is 1.51. The van der Waals surface area contributed by atoms with Gasteiger partial charge in [-0.3, -0.25) is 4.57 Å². The minimum absolute atomic E-state index is 0.398. The lowest BCUT2D eigenvalue weighted by molar-refractivity contribution is -0.0777. The monoisotopic (exact) mass is 553 g/mol. The Morgan fingerprint density at radius 1 is 0.854 bits per heavy atom. The number of fused-ring (bicyclic) bond motifs is 1. The summed E-state index contributed by atoms with van der Waals surface area (Å²) in [6, 6.07) is 28.0. The molecular formula is C31H31N5O5. The Hall–Kier alpha value is -4.35. The number of ether oxygens (including phenoxy) is 2. The number of methoxy groups -OCH3 is 1. The number of anilines is 1. The number of nitrogens with one attached hydrogen (secondary N) is 1. The lowest BCUT2D eigenvalue weighted by atomic mass is 9.77. The van der Waals surface area contributed by atoms with Crippen LogP contribution in [0, 0.1) is 0 Å². The molecule has 3 heterocycles. The van der Waals surface area contributed by atoms with E-state index in [-0.39, 0.29) is 0 Å². The van der Waals surface area contributed by atoms with Crippen LogP contribution in [-0.2, 0) is 10.3 Å². The Balaban J connectivity index is 1.51. The van der Waals surface area contributed by atoms with Crippen LogP contribution in [0.4, 0.5) is 5.82 Å². The van der Waals surface area contributed by atoms with Gasteiger partial charge in [0.15, 0.2) is 23.2 Å². The molecule has 0 bridgehead atoms. The Morgan fingerprint density at radius 3 is 2.02 bits per heavy atom. The molecule has 0 amide bonds. The fourth-order valence-electron chi connectivity index (χ4n) is 5.56. The van der Waals surface area contributed by atoms with Gasteiger partial charge in [0.1, 0.15) is 35.9 Å². The molecule has 0 saturated carbocycles. The van der Waals surface area contributed by atoms with E-state index in [1.165, 1.54) is 19.6 Å². The van der Waals surface area contributed by atoms with Gasteiger partial charge in [0.2, 0.25) is 0 Å². The Labute approximate surface area is 236 Å². The van der Waals surface area contributed by atoms with Crippen molar-refractivity contribution < 1.29 is 24.8 Å². The standard InChI is InChI=1S/C31H31N5O5/c1-19(37)27-25(38)26(39)30(41-27)36-18-34-24-28(32-17-33-29(24)36)35-31(20-9-5-3-6-10-20,21-11-7-4-8-12-21)22-13-15-23(40-2)16-14-22/h3-19,25-27,30,37-39H,1-2H3,(H,32,33,35). The molecule has 0 spiro atoms. The molecule has 2 aromatic heterocycles. The van der Waals surface area contributed by atoms with Crippen molar-refractivity contribution >= 4 is 17.0 Å². The second kappa shape index (κ2) is 10.9. The van der Waals surface area contributed by atoms with Crippen molar-refractivity contribution in [1.82, 2.24) is 19.5 Å². The molecule has 0 radical (unpaired) electrons. The normalized spacial score (nSPS) is 21.6. The van der Waals surface area contributed by atoms with Crippen LogP contribution >= 0.6 is 0 Å². The SMILES string of the molecule is COc1ccc(C(Nc2ncnc3c2ncn3C2OC(C(C)O)C(O)C2O)(c2ccccc2)c2ccccc2)cc1. The second-order valence-electron chi connectivity index (χ2n) is 10.1. The van der Waals surface area contributed by atoms with Crippen molar-refractivity contribution in [1.29, 1.82) is 0 Å². The van der Waals surface area contributed by atoms with Gasteiger partial charge in [-0.25, -0.2) is 15.0 Å². The number of aliphatic hydroxyl groups is 3. The van der Waals surface area contributed by atoms with E-state index in [1.807, 2.05) is 60.7 Å². The molecule has 6 rings (SSSR count). The Kier molecular flexibility index (Phi) is 7.14. The molecular weight excluding hydrogens is 522 g/mol. The van der Waals surface area contributed by atoms with E-state index >= 15 is 0 Å². The van der Waals surface area contributed by atoms with Crippen molar-refractivity contribution in [2.45, 2.75) is 43.1 Å². The summed E-state index contributed by atoms with van der Waals surface area (Å²) in [5.41, 5.74) is 2.84. The number of benzene rings is 3. The van der Waals surface area contributed by atoms with E-state index in [9.17, 15) is 15.3 Å². The first kappa shape index (κ1) is 26.9. The van der Waals surface area contributed by atoms with Gasteiger partial charge < -0.3 is 30.1 Å². The maximum absolute atomic E-state index is 10.7. The summed E-state index contributed by atoms with van der Waals surface area (Å²) in [4.78, 5) is 13.7. The van der Waals surface area contributed by atoms with Crippen molar-refractivity contribution in [3.8, 4) is 5.75 Å². The molecule has 5 atom stereocenters. The summed E-state index contributed by atoms with van der Waals surface area (Å²) < 4.78 is 12.8. The molecule has 10 heteroatoms. The number of aromatic nitrogens is 4. The van der Waals surface area contributed by atoms with E-state index in [0.29, 0.717) is 17.0 Å². The number of imidazole rings is 1. The van der Waals surface area contributed by atoms with Crippen molar-refractivity contribution in [2.75, 3.05) is 12.4 Å². The summed E-state index contributed by atoms with van der Waals surface area (Å²) in [5, 5.41) is 35.0. The third-order valence-corrected chi connectivity index (χ3v) is 7.63. The second-order valence-corrected chi connectivity index (χ2v) is 10.1. The van der Waals surface area contributed by atoms with Crippen molar-refractivity contribution in [3.63, 3.8) is 0 Å². The number of aliphatic hydroxyl groups excluding tert-OH is 3. The Bertz CT molecular complexity index is 1570. The van der Waals surface area contributed by atoms with Crippen LogP contribution in [0.1, 0.15) is 29.8 Å². The van der Waals surface area contributed by atoms with Crippen LogP contribution < -0.4 is 10.1 Å². The average Bonchev–Trinajstić information content (AvgIpc) is 3.58. The smallest absolute Gasteiger partial charge is 0.167 e. The number of rotatable bonds is 8. The number of hydrogen-bond acceptors (Lipinski definition) is 9. The quantitative estimate of drug-likeness (QED) is 0.214. The fourth-order valence-corrected chi connectivity index (χ4v) is 5.56. The zero-order chi connectivity index (χ0) is 28.6. The highest BCUT2D eigenvalue weighted by atomic mass is 16.6. The fraction of sp³-hybridized carbons (Fsp3) is 0.258. The first-order chi connectivity index (χ1) is 19.9. The lowest BCUT2D eigenvalue weighted by Gasteiger charge is -2.37. The largest absolute Gasteiger partial charge is 0.497 e. The van der Waals surface area contributed by atoms with Gasteiger partial charge >= 0.3 is 0 Å². The first-order valence-corrected chi connectivity index (χ1v) is 13.3. The van der Waals surface area contributed by atoms with Gasteiger partial charge in [0.05, 0.1) is 19.5 Å². The van der Waals surface area contributed by atoms with Crippen molar-refractivity contribution in [2.24, 2.45) is 0 Å². The molecule has 0 aliphatic carbocycles. The summed E-state index contributed by atoms with van der Waals surface area (Å²) in [6.07, 6.45) is -2.57. The van der Waals surface area contributed by atoms with E-state index in [0.717, 1.165) is 22.4 Å². The van der Waals surface area contributed by atoms with Gasteiger partial charge in [0.25, 0.3) is 0 Å². The molecule has 5 aromatic rings. The van der Waals surface area contributed by atoms with Crippen LogP contribution in [0.3, 0.4) is 0 Å². The maximum Gasteiger partial charge on any atom is 0.167 e. The minimum Gasteiger partial charge on any atom is -0.497 e. The van der Waals surface area contributed by atoms with Gasteiger partial charge in [0, 0.05) is 0 Å². The van der Waals surface area contributed by atoms with Crippen molar-refractivity contribution in [3.05, 3.63) is 114 Å². The zero-order valence-corrected chi connectivity index (χ0v) is 22.6. The number of nitrogens with zero attached hydrogens (tertiary/aromatic N) is 4. The Morgan fingerprint density at radius 2 is 1.46 bits per heavy atom. The van der Waals surface area contributed by atoms with E-state index in [2.05, 4.69) is 44.5 Å². The molecule has 1 aliphatic heterocycles. The zero-order valence-electron chi connectivity index (χ0n) is 22.6. The average molecular weight is 554 g/mol. The molecule has 4 N–H and O–H groups in total. The molecule has 1 aliphatic rings. The van der Waals surface area contributed by atoms with E-state index < -0.39 is 36.2 Å². The summed E-state index contributed by atoms with van der Waals surface area (Å²) >= 11 is 0. The molecule has 1 saturated heterocycles. The van der Waals surface area contributed by atoms with Crippen LogP contribution in [0.15, 0.2) is 97.6 Å². The van der Waals surface area contributed by atoms with Gasteiger partial charge in [-0.05, 0) is 35.7 Å². The molecule has 3 aromatic carbocycles. The maximum atomic E-state index is 10.7. The molecule has 210 valence electrons. The van der Waals surface area contributed by atoms with Gasteiger partial charge in [-0.15, -0.1) is 0 Å². The third kappa shape index (κ3) is 4.60. The summed E-state index contributed by atoms with van der Waals surface area (Å²) in [7, 11) is 1.64. The topological polar surface area (TPSA) is 135 Å². The molecule has 1 fully saturated rings. The highest BCUT2D eigenvalue weighted by Crippen LogP contribution is 2.41. The third-order valence-electron chi connectivity index (χ3n) is 7.63. The first-order valence-electron chi connectivity index (χ1n) is 13.3. The highest BCUT2D eigenvalue weighted by Gasteiger charge is 2.46. The van der Waals surface area contributed by atoms with Gasteiger partial charge in [-0.1, -0.05) is 72.8 Å². The van der Waals surface area contributed by atoms with Crippen LogP contribution in [0.2, 0.25) is 0 Å².